The number of nitrogens with zero attached hydrogens (tertiary/aromatic N) is 1. The van der Waals surface area contributed by atoms with Crippen molar-refractivity contribution in [2.45, 2.75) is 51.7 Å². The van der Waals surface area contributed by atoms with Crippen LogP contribution in [0.3, 0.4) is 0 Å². The van der Waals surface area contributed by atoms with Crippen LogP contribution < -0.4 is 5.32 Å². The first-order valence-corrected chi connectivity index (χ1v) is 8.41. The van der Waals surface area contributed by atoms with E-state index >= 15 is 0 Å². The van der Waals surface area contributed by atoms with E-state index in [4.69, 9.17) is 0 Å². The van der Waals surface area contributed by atoms with E-state index in [1.165, 1.54) is 0 Å². The van der Waals surface area contributed by atoms with Crippen molar-refractivity contribution in [2.24, 2.45) is 11.8 Å². The minimum Gasteiger partial charge on any atom is -0.311 e. The van der Waals surface area contributed by atoms with Crippen molar-refractivity contribution in [1.82, 2.24) is 10.2 Å². The van der Waals surface area contributed by atoms with Crippen LogP contribution in [0.25, 0.3) is 0 Å². The molecule has 0 aromatic heterocycles. The topological polar surface area (TPSA) is 15.3 Å². The Labute approximate surface area is 124 Å². The highest BCUT2D eigenvalue weighted by Gasteiger charge is 2.33. The second-order valence-electron chi connectivity index (χ2n) is 6.00. The Morgan fingerprint density at radius 2 is 1.95 bits per heavy atom. The van der Waals surface area contributed by atoms with Crippen molar-refractivity contribution in [1.29, 1.82) is 0 Å². The third-order valence-electron chi connectivity index (χ3n) is 4.24. The number of hydrogen-bond donors (Lipinski definition) is 1. The van der Waals surface area contributed by atoms with Crippen LogP contribution in [0.5, 0.6) is 0 Å². The molecule has 0 saturated carbocycles. The highest BCUT2D eigenvalue weighted by atomic mass is 32.2. The first-order chi connectivity index (χ1) is 9.24. The van der Waals surface area contributed by atoms with Gasteiger partial charge < -0.3 is 5.32 Å². The van der Waals surface area contributed by atoms with E-state index in [1.54, 1.807) is 0 Å². The maximum Gasteiger partial charge on any atom is 0.441 e. The van der Waals surface area contributed by atoms with E-state index in [0.29, 0.717) is 30.5 Å². The fourth-order valence-corrected chi connectivity index (χ4v) is 3.23. The largest absolute Gasteiger partial charge is 0.441 e. The summed E-state index contributed by atoms with van der Waals surface area (Å²) < 4.78 is 36.8. The second-order valence-corrected chi connectivity index (χ2v) is 7.16. The fourth-order valence-electron chi connectivity index (χ4n) is 2.67. The minimum absolute atomic E-state index is 0.0961. The van der Waals surface area contributed by atoms with Crippen LogP contribution >= 0.6 is 11.8 Å². The first kappa shape index (κ1) is 18.1. The zero-order chi connectivity index (χ0) is 15.3. The van der Waals surface area contributed by atoms with Gasteiger partial charge in [0.15, 0.2) is 0 Å². The Morgan fingerprint density at radius 1 is 1.30 bits per heavy atom. The van der Waals surface area contributed by atoms with E-state index in [1.807, 2.05) is 0 Å². The van der Waals surface area contributed by atoms with Crippen LogP contribution in [-0.4, -0.2) is 47.9 Å². The Morgan fingerprint density at radius 3 is 2.45 bits per heavy atom. The molecule has 0 radical (unpaired) electrons. The number of thioether (sulfide) groups is 1. The van der Waals surface area contributed by atoms with Crippen LogP contribution in [0.15, 0.2) is 0 Å². The lowest BCUT2D eigenvalue weighted by molar-refractivity contribution is -0.0330. The molecule has 1 saturated heterocycles. The summed E-state index contributed by atoms with van der Waals surface area (Å²) in [4.78, 5) is 2.26. The van der Waals surface area contributed by atoms with E-state index in [9.17, 15) is 13.2 Å². The number of alkyl halides is 3. The quantitative estimate of drug-likeness (QED) is 0.807. The van der Waals surface area contributed by atoms with Crippen LogP contribution in [0.1, 0.15) is 34.1 Å². The van der Waals surface area contributed by atoms with Gasteiger partial charge in [-0.1, -0.05) is 34.1 Å². The molecule has 0 aromatic carbocycles. The number of hydrogen-bond acceptors (Lipinski definition) is 3. The summed E-state index contributed by atoms with van der Waals surface area (Å²) in [5, 5.41) is 3.55. The number of piperazine rings is 1. The molecule has 20 heavy (non-hydrogen) atoms. The van der Waals surface area contributed by atoms with E-state index in [2.05, 4.69) is 37.9 Å². The average Bonchev–Trinajstić information content (AvgIpc) is 2.36. The SMILES string of the molecule is CCC(C)C1CNC(C(C)C)CN1CCSC(F)(F)F. The van der Waals surface area contributed by atoms with Gasteiger partial charge in [-0.25, -0.2) is 0 Å². The molecule has 3 atom stereocenters. The molecule has 1 heterocycles. The second kappa shape index (κ2) is 7.90. The molecule has 3 unspecified atom stereocenters. The van der Waals surface area contributed by atoms with Crippen molar-refractivity contribution >= 4 is 11.8 Å². The molecule has 6 heteroatoms. The lowest BCUT2D eigenvalue weighted by atomic mass is 9.92. The molecule has 1 N–H and O–H groups in total. The summed E-state index contributed by atoms with van der Waals surface area (Å²) in [6.07, 6.45) is 1.06. The molecule has 1 aliphatic rings. The minimum atomic E-state index is -4.11. The summed E-state index contributed by atoms with van der Waals surface area (Å²) in [7, 11) is 0. The normalized spacial score (nSPS) is 27.0. The molecule has 0 aliphatic carbocycles. The number of rotatable bonds is 6. The maximum absolute atomic E-state index is 12.3. The lowest BCUT2D eigenvalue weighted by Gasteiger charge is -2.44. The van der Waals surface area contributed by atoms with Crippen molar-refractivity contribution in [2.75, 3.05) is 25.4 Å². The van der Waals surface area contributed by atoms with Gasteiger partial charge >= 0.3 is 5.51 Å². The van der Waals surface area contributed by atoms with Gasteiger partial charge in [-0.05, 0) is 23.6 Å². The predicted octanol–water partition coefficient (Wildman–Crippen LogP) is 3.58. The Kier molecular flexibility index (Phi) is 7.15. The standard InChI is InChI=1S/C14H27F3N2S/c1-5-11(4)13-8-18-12(10(2)3)9-19(13)6-7-20-14(15,16)17/h10-13,18H,5-9H2,1-4H3. The van der Waals surface area contributed by atoms with E-state index in [0.717, 1.165) is 19.5 Å². The molecule has 0 amide bonds. The summed E-state index contributed by atoms with van der Waals surface area (Å²) in [5.74, 6) is 1.14. The van der Waals surface area contributed by atoms with Crippen LogP contribution in [0, 0.1) is 11.8 Å². The van der Waals surface area contributed by atoms with Gasteiger partial charge in [0.05, 0.1) is 0 Å². The van der Waals surface area contributed by atoms with Gasteiger partial charge in [0.25, 0.3) is 0 Å². The Hall–Kier alpha value is 0.0600. The van der Waals surface area contributed by atoms with Crippen molar-refractivity contribution in [3.8, 4) is 0 Å². The number of halogens is 3. The summed E-state index contributed by atoms with van der Waals surface area (Å²) in [5.41, 5.74) is -4.11. The molecule has 1 fully saturated rings. The monoisotopic (exact) mass is 312 g/mol. The van der Waals surface area contributed by atoms with Gasteiger partial charge in [-0.15, -0.1) is 0 Å². The van der Waals surface area contributed by atoms with E-state index in [-0.39, 0.29) is 17.5 Å². The molecule has 1 rings (SSSR count). The van der Waals surface area contributed by atoms with Crippen LogP contribution in [-0.2, 0) is 0 Å². The predicted molar refractivity (Wildman–Crippen MR) is 80.0 cm³/mol. The zero-order valence-electron chi connectivity index (χ0n) is 12.8. The van der Waals surface area contributed by atoms with Gasteiger partial charge in [-0.2, -0.15) is 13.2 Å². The summed E-state index contributed by atoms with van der Waals surface area (Å²) in [6, 6.07) is 0.732. The highest BCUT2D eigenvalue weighted by molar-refractivity contribution is 8.00. The first-order valence-electron chi connectivity index (χ1n) is 7.42. The summed E-state index contributed by atoms with van der Waals surface area (Å²) >= 11 is 0.0961. The van der Waals surface area contributed by atoms with Gasteiger partial charge in [0.2, 0.25) is 0 Å². The molecular weight excluding hydrogens is 285 g/mol. The Balaban J connectivity index is 2.57. The van der Waals surface area contributed by atoms with Crippen molar-refractivity contribution in [3.05, 3.63) is 0 Å². The number of nitrogens with one attached hydrogen (secondary N) is 1. The molecule has 120 valence electrons. The van der Waals surface area contributed by atoms with Crippen LogP contribution in [0.2, 0.25) is 0 Å². The third-order valence-corrected chi connectivity index (χ3v) is 4.95. The average molecular weight is 312 g/mol. The lowest BCUT2D eigenvalue weighted by Crippen LogP contribution is -2.60. The maximum atomic E-state index is 12.3. The highest BCUT2D eigenvalue weighted by Crippen LogP contribution is 2.30. The molecular formula is C14H27F3N2S. The van der Waals surface area contributed by atoms with Crippen molar-refractivity contribution in [3.63, 3.8) is 0 Å². The van der Waals surface area contributed by atoms with Crippen LogP contribution in [0.4, 0.5) is 13.2 Å². The van der Waals surface area contributed by atoms with Gasteiger partial charge in [0.1, 0.15) is 0 Å². The zero-order valence-corrected chi connectivity index (χ0v) is 13.7. The fraction of sp³-hybridized carbons (Fsp3) is 1.00. The van der Waals surface area contributed by atoms with Crippen molar-refractivity contribution < 1.29 is 13.2 Å². The van der Waals surface area contributed by atoms with Gasteiger partial charge in [-0.3, -0.25) is 4.90 Å². The Bertz CT molecular complexity index is 284. The van der Waals surface area contributed by atoms with E-state index < -0.39 is 5.51 Å². The van der Waals surface area contributed by atoms with Gasteiger partial charge in [0, 0.05) is 37.5 Å². The summed E-state index contributed by atoms with van der Waals surface area (Å²) in [6.45, 7) is 10.9. The molecule has 0 bridgehead atoms. The third kappa shape index (κ3) is 5.82. The molecule has 0 aromatic rings. The molecule has 0 spiro atoms. The smallest absolute Gasteiger partial charge is 0.311 e. The molecule has 1 aliphatic heterocycles. The molecule has 2 nitrogen and oxygen atoms in total.